The molecule has 1 aliphatic heterocycles. The van der Waals surface area contributed by atoms with Gasteiger partial charge in [0.15, 0.2) is 0 Å². The van der Waals surface area contributed by atoms with E-state index < -0.39 is 0 Å². The van der Waals surface area contributed by atoms with Gasteiger partial charge in [0.2, 0.25) is 0 Å². The number of halogens is 1. The maximum atomic E-state index is 12.9. The molecule has 0 aliphatic carbocycles. The molecule has 0 saturated heterocycles. The summed E-state index contributed by atoms with van der Waals surface area (Å²) < 4.78 is 0. The van der Waals surface area contributed by atoms with Gasteiger partial charge in [-0.15, -0.1) is 0 Å². The average Bonchev–Trinajstić information content (AvgIpc) is 2.85. The zero-order valence-corrected chi connectivity index (χ0v) is 13.4. The van der Waals surface area contributed by atoms with Crippen LogP contribution in [0.5, 0.6) is 0 Å². The molecule has 0 radical (unpaired) electrons. The molecule has 23 heavy (non-hydrogen) atoms. The van der Waals surface area contributed by atoms with Gasteiger partial charge in [0.25, 0.3) is 5.91 Å². The maximum absolute atomic E-state index is 12.9. The van der Waals surface area contributed by atoms with Gasteiger partial charge in [0.1, 0.15) is 5.69 Å². The Kier molecular flexibility index (Phi) is 3.58. The number of nitrogens with one attached hydrogen (secondary N) is 1. The summed E-state index contributed by atoms with van der Waals surface area (Å²) in [7, 11) is 0. The fourth-order valence-corrected chi connectivity index (χ4v) is 3.44. The summed E-state index contributed by atoms with van der Waals surface area (Å²) in [4.78, 5) is 18.0. The lowest BCUT2D eigenvalue weighted by atomic mass is 10.0. The molecule has 116 valence electrons. The van der Waals surface area contributed by atoms with Crippen molar-refractivity contribution < 1.29 is 4.79 Å². The van der Waals surface area contributed by atoms with Crippen molar-refractivity contribution in [2.75, 3.05) is 6.54 Å². The van der Waals surface area contributed by atoms with Crippen LogP contribution in [0.3, 0.4) is 0 Å². The van der Waals surface area contributed by atoms with Gasteiger partial charge in [-0.25, -0.2) is 0 Å². The van der Waals surface area contributed by atoms with E-state index in [1.165, 1.54) is 11.1 Å². The third-order valence-electron chi connectivity index (χ3n) is 4.45. The predicted molar refractivity (Wildman–Crippen MR) is 92.8 cm³/mol. The average molecular weight is 325 g/mol. The zero-order valence-electron chi connectivity index (χ0n) is 12.7. The minimum Gasteiger partial charge on any atom is -0.351 e. The SMILES string of the molecule is O=C(c1cc2cc(Cl)ccc2[nH]1)N1CCCc2ccccc2C1. The first-order chi connectivity index (χ1) is 11.2. The van der Waals surface area contributed by atoms with Crippen LogP contribution in [0.1, 0.15) is 28.0 Å². The second-order valence-electron chi connectivity index (χ2n) is 6.01. The van der Waals surface area contributed by atoms with Crippen LogP contribution in [0.4, 0.5) is 0 Å². The summed E-state index contributed by atoms with van der Waals surface area (Å²) in [6.07, 6.45) is 2.02. The monoisotopic (exact) mass is 324 g/mol. The molecule has 1 N–H and O–H groups in total. The molecule has 0 atom stereocenters. The molecule has 0 spiro atoms. The molecule has 1 amide bonds. The van der Waals surface area contributed by atoms with Gasteiger partial charge in [-0.3, -0.25) is 4.79 Å². The Bertz CT molecular complexity index is 884. The molecule has 4 rings (SSSR count). The summed E-state index contributed by atoms with van der Waals surface area (Å²) >= 11 is 6.02. The van der Waals surface area contributed by atoms with Crippen LogP contribution in [-0.2, 0) is 13.0 Å². The fourth-order valence-electron chi connectivity index (χ4n) is 3.26. The molecule has 1 aliphatic rings. The third-order valence-corrected chi connectivity index (χ3v) is 4.69. The van der Waals surface area contributed by atoms with Crippen LogP contribution in [0.2, 0.25) is 5.02 Å². The van der Waals surface area contributed by atoms with E-state index in [1.807, 2.05) is 35.2 Å². The van der Waals surface area contributed by atoms with Crippen LogP contribution in [0.15, 0.2) is 48.5 Å². The molecular formula is C19H17ClN2O. The van der Waals surface area contributed by atoms with E-state index in [2.05, 4.69) is 23.2 Å². The van der Waals surface area contributed by atoms with Crippen molar-refractivity contribution in [1.82, 2.24) is 9.88 Å². The predicted octanol–water partition coefficient (Wildman–Crippen LogP) is 4.41. The molecule has 2 aromatic carbocycles. The number of hydrogen-bond donors (Lipinski definition) is 1. The molecule has 3 aromatic rings. The van der Waals surface area contributed by atoms with Gasteiger partial charge in [0, 0.05) is 29.0 Å². The Morgan fingerprint density at radius 1 is 1.09 bits per heavy atom. The quantitative estimate of drug-likeness (QED) is 0.707. The van der Waals surface area contributed by atoms with Crippen LogP contribution >= 0.6 is 11.6 Å². The number of carbonyl (C=O) groups excluding carboxylic acids is 1. The summed E-state index contributed by atoms with van der Waals surface area (Å²) in [5.74, 6) is 0.0500. The molecule has 3 nitrogen and oxygen atoms in total. The molecule has 2 heterocycles. The van der Waals surface area contributed by atoms with Crippen molar-refractivity contribution >= 4 is 28.4 Å². The highest BCUT2D eigenvalue weighted by molar-refractivity contribution is 6.31. The number of nitrogens with zero attached hydrogens (tertiary/aromatic N) is 1. The first-order valence-electron chi connectivity index (χ1n) is 7.85. The summed E-state index contributed by atoms with van der Waals surface area (Å²) in [5, 5.41) is 1.65. The lowest BCUT2D eigenvalue weighted by Crippen LogP contribution is -2.30. The summed E-state index contributed by atoms with van der Waals surface area (Å²) in [5.41, 5.74) is 4.17. The molecule has 4 heteroatoms. The van der Waals surface area contributed by atoms with E-state index in [4.69, 9.17) is 11.6 Å². The first kappa shape index (κ1) is 14.3. The number of fused-ring (bicyclic) bond motifs is 2. The van der Waals surface area contributed by atoms with Crippen molar-refractivity contribution in [3.63, 3.8) is 0 Å². The van der Waals surface area contributed by atoms with Crippen LogP contribution in [0.25, 0.3) is 10.9 Å². The van der Waals surface area contributed by atoms with Gasteiger partial charge < -0.3 is 9.88 Å². The molecule has 0 saturated carbocycles. The highest BCUT2D eigenvalue weighted by Gasteiger charge is 2.21. The molecular weight excluding hydrogens is 308 g/mol. The number of carbonyl (C=O) groups is 1. The minimum atomic E-state index is 0.0500. The number of rotatable bonds is 1. The number of hydrogen-bond acceptors (Lipinski definition) is 1. The Balaban J connectivity index is 1.65. The molecule has 0 unspecified atom stereocenters. The normalized spacial score (nSPS) is 14.6. The van der Waals surface area contributed by atoms with E-state index >= 15 is 0 Å². The van der Waals surface area contributed by atoms with Crippen LogP contribution in [0, 0.1) is 0 Å². The van der Waals surface area contributed by atoms with Crippen LogP contribution in [-0.4, -0.2) is 22.3 Å². The van der Waals surface area contributed by atoms with Crippen LogP contribution < -0.4 is 0 Å². The van der Waals surface area contributed by atoms with Crippen molar-refractivity contribution in [1.29, 1.82) is 0 Å². The Morgan fingerprint density at radius 3 is 2.78 bits per heavy atom. The largest absolute Gasteiger partial charge is 0.351 e. The van der Waals surface area contributed by atoms with E-state index in [9.17, 15) is 4.79 Å². The number of aryl methyl sites for hydroxylation is 1. The van der Waals surface area contributed by atoms with Gasteiger partial charge >= 0.3 is 0 Å². The Hall–Kier alpha value is -2.26. The summed E-state index contributed by atoms with van der Waals surface area (Å²) in [6.45, 7) is 1.45. The Labute approximate surface area is 139 Å². The van der Waals surface area contributed by atoms with E-state index in [0.717, 1.165) is 30.3 Å². The van der Waals surface area contributed by atoms with Gasteiger partial charge in [-0.2, -0.15) is 0 Å². The fraction of sp³-hybridized carbons (Fsp3) is 0.211. The number of aromatic nitrogens is 1. The zero-order chi connectivity index (χ0) is 15.8. The van der Waals surface area contributed by atoms with Crippen molar-refractivity contribution in [3.05, 3.63) is 70.4 Å². The lowest BCUT2D eigenvalue weighted by molar-refractivity contribution is 0.0741. The van der Waals surface area contributed by atoms with E-state index in [-0.39, 0.29) is 5.91 Å². The minimum absolute atomic E-state index is 0.0500. The van der Waals surface area contributed by atoms with Gasteiger partial charge in [-0.05, 0) is 48.2 Å². The van der Waals surface area contributed by atoms with Gasteiger partial charge in [0.05, 0.1) is 0 Å². The van der Waals surface area contributed by atoms with E-state index in [0.29, 0.717) is 17.3 Å². The molecule has 0 bridgehead atoms. The number of aromatic amines is 1. The second-order valence-corrected chi connectivity index (χ2v) is 6.45. The van der Waals surface area contributed by atoms with Crippen molar-refractivity contribution in [2.24, 2.45) is 0 Å². The van der Waals surface area contributed by atoms with Crippen molar-refractivity contribution in [2.45, 2.75) is 19.4 Å². The third kappa shape index (κ3) is 2.73. The van der Waals surface area contributed by atoms with Crippen molar-refractivity contribution in [3.8, 4) is 0 Å². The highest BCUT2D eigenvalue weighted by Crippen LogP contribution is 2.23. The number of benzene rings is 2. The number of amides is 1. The summed E-state index contributed by atoms with van der Waals surface area (Å²) in [6, 6.07) is 15.9. The first-order valence-corrected chi connectivity index (χ1v) is 8.23. The maximum Gasteiger partial charge on any atom is 0.270 e. The standard InChI is InChI=1S/C19H17ClN2O/c20-16-7-8-17-15(10-16)11-18(21-17)19(23)22-9-3-6-13-4-1-2-5-14(13)12-22/h1-2,4-5,7-8,10-11,21H,3,6,9,12H2. The topological polar surface area (TPSA) is 36.1 Å². The van der Waals surface area contributed by atoms with E-state index in [1.54, 1.807) is 0 Å². The Morgan fingerprint density at radius 2 is 1.91 bits per heavy atom. The molecule has 0 fully saturated rings. The molecule has 1 aromatic heterocycles. The smallest absolute Gasteiger partial charge is 0.270 e. The highest BCUT2D eigenvalue weighted by atomic mass is 35.5. The lowest BCUT2D eigenvalue weighted by Gasteiger charge is -2.20. The second kappa shape index (κ2) is 5.74. The van der Waals surface area contributed by atoms with Gasteiger partial charge in [-0.1, -0.05) is 35.9 Å². The number of H-pyrrole nitrogens is 1.